The fourth-order valence-corrected chi connectivity index (χ4v) is 11.3. The third kappa shape index (κ3) is 5.63. The van der Waals surface area contributed by atoms with Crippen LogP contribution in [0.25, 0.3) is 0 Å². The molecule has 0 radical (unpaired) electrons. The summed E-state index contributed by atoms with van der Waals surface area (Å²) in [6.07, 6.45) is 9.81. The van der Waals surface area contributed by atoms with Gasteiger partial charge in [-0.2, -0.15) is 19.6 Å². The van der Waals surface area contributed by atoms with E-state index in [2.05, 4.69) is 27.7 Å². The van der Waals surface area contributed by atoms with E-state index in [0.717, 1.165) is 44.9 Å². The molecule has 0 aromatic heterocycles. The molecule has 0 bridgehead atoms. The number of rotatable bonds is 6. The lowest BCUT2D eigenvalue weighted by atomic mass is 9.42. The highest BCUT2D eigenvalue weighted by molar-refractivity contribution is 5.73. The summed E-state index contributed by atoms with van der Waals surface area (Å²) in [6.45, 7) is 12.0. The van der Waals surface area contributed by atoms with Crippen molar-refractivity contribution in [2.45, 2.75) is 149 Å². The van der Waals surface area contributed by atoms with Crippen molar-refractivity contribution in [1.82, 2.24) is 0 Å². The third-order valence-electron chi connectivity index (χ3n) is 13.8. The van der Waals surface area contributed by atoms with Crippen LogP contribution < -0.4 is 5.73 Å². The van der Waals surface area contributed by atoms with Gasteiger partial charge in [-0.05, 0) is 86.4 Å². The predicted octanol–water partition coefficient (Wildman–Crippen LogP) is 6.14. The molecule has 0 aromatic rings. The van der Waals surface area contributed by atoms with Gasteiger partial charge in [0, 0.05) is 56.8 Å². The molecular weight excluding hydrogens is 578 g/mol. The van der Waals surface area contributed by atoms with Gasteiger partial charge < -0.3 is 15.2 Å². The van der Waals surface area contributed by atoms with Gasteiger partial charge >= 0.3 is 11.9 Å². The number of fused-ring (bicyclic) bond motifs is 5. The van der Waals surface area contributed by atoms with Gasteiger partial charge in [-0.3, -0.25) is 14.4 Å². The summed E-state index contributed by atoms with van der Waals surface area (Å²) in [7, 11) is 0. The van der Waals surface area contributed by atoms with Gasteiger partial charge in [0.15, 0.2) is 0 Å². The van der Waals surface area contributed by atoms with Crippen molar-refractivity contribution in [3.8, 4) is 0 Å². The Morgan fingerprint density at radius 1 is 0.889 bits per heavy atom. The predicted molar refractivity (Wildman–Crippen MR) is 162 cm³/mol. The number of amides is 1. The number of nitrogens with two attached hydrogens (primary N) is 1. The number of esters is 2. The van der Waals surface area contributed by atoms with Crippen molar-refractivity contribution in [2.24, 2.45) is 58.0 Å². The quantitative estimate of drug-likeness (QED) is 0.270. The molecule has 11 atom stereocenters. The zero-order chi connectivity index (χ0) is 32.4. The molecule has 1 amide bonds. The van der Waals surface area contributed by atoms with Crippen molar-refractivity contribution in [2.75, 3.05) is 0 Å². The highest BCUT2D eigenvalue weighted by atomic mass is 17.4. The molecule has 10 heteroatoms. The van der Waals surface area contributed by atoms with Crippen LogP contribution in [0.4, 0.5) is 0 Å². The Kier molecular flexibility index (Phi) is 8.88. The molecule has 2 N–H and O–H groups in total. The maximum atomic E-state index is 12.6. The van der Waals surface area contributed by atoms with Crippen LogP contribution in [-0.2, 0) is 43.4 Å². The molecule has 1 aliphatic heterocycles. The Morgan fingerprint density at radius 2 is 1.60 bits per heavy atom. The molecule has 5 saturated carbocycles. The Morgan fingerprint density at radius 3 is 2.24 bits per heavy atom. The van der Waals surface area contributed by atoms with Crippen LogP contribution in [0.1, 0.15) is 125 Å². The van der Waals surface area contributed by atoms with Gasteiger partial charge in [-0.15, -0.1) is 0 Å². The largest absolute Gasteiger partial charge is 0.462 e. The molecule has 10 nitrogen and oxygen atoms in total. The molecule has 5 aliphatic carbocycles. The third-order valence-corrected chi connectivity index (χ3v) is 13.8. The summed E-state index contributed by atoms with van der Waals surface area (Å²) < 4.78 is 12.5. The lowest BCUT2D eigenvalue weighted by Crippen LogP contribution is -2.65. The number of ether oxygens (including phenoxy) is 2. The minimum absolute atomic E-state index is 0.109. The van der Waals surface area contributed by atoms with Crippen molar-refractivity contribution in [3.05, 3.63) is 0 Å². The zero-order valence-electron chi connectivity index (χ0n) is 28.1. The lowest BCUT2D eigenvalue weighted by Gasteiger charge is -2.65. The van der Waals surface area contributed by atoms with Crippen LogP contribution >= 0.6 is 0 Å². The Hall–Kier alpha value is -1.75. The number of hydrogen-bond acceptors (Lipinski definition) is 9. The first kappa shape index (κ1) is 33.2. The van der Waals surface area contributed by atoms with Crippen molar-refractivity contribution >= 4 is 17.8 Å². The molecule has 5 unspecified atom stereocenters. The summed E-state index contributed by atoms with van der Waals surface area (Å²) in [5.41, 5.74) is 5.12. The maximum Gasteiger partial charge on any atom is 0.302 e. The molecule has 254 valence electrons. The smallest absolute Gasteiger partial charge is 0.302 e. The van der Waals surface area contributed by atoms with Crippen LogP contribution in [0, 0.1) is 52.3 Å². The van der Waals surface area contributed by atoms with Gasteiger partial charge in [0.25, 0.3) is 0 Å². The van der Waals surface area contributed by atoms with E-state index in [0.29, 0.717) is 38.5 Å². The van der Waals surface area contributed by atoms with Gasteiger partial charge in [0.05, 0.1) is 0 Å². The summed E-state index contributed by atoms with van der Waals surface area (Å²) >= 11 is 0. The minimum atomic E-state index is -1.01. The molecule has 0 aromatic carbocycles. The van der Waals surface area contributed by atoms with Crippen LogP contribution in [-0.4, -0.2) is 41.6 Å². The van der Waals surface area contributed by atoms with E-state index in [4.69, 9.17) is 34.8 Å². The monoisotopic (exact) mass is 633 g/mol. The molecule has 45 heavy (non-hydrogen) atoms. The lowest BCUT2D eigenvalue weighted by molar-refractivity contribution is -0.671. The van der Waals surface area contributed by atoms with E-state index in [1.165, 1.54) is 13.8 Å². The SMILES string of the molecule is CC(=O)O[C@H]1CC2C(C3CC[C@H](C(C)CCC(N)=O)[C@]31C)[C@H](OC(C)=O)C[C@@H]1CC3(CC[C@]21C)OOC1(CCCCC1C)OO3. The van der Waals surface area contributed by atoms with E-state index >= 15 is 0 Å². The van der Waals surface area contributed by atoms with Crippen LogP contribution in [0.2, 0.25) is 0 Å². The molecule has 6 rings (SSSR count). The number of hydrogen-bond donors (Lipinski definition) is 1. The fraction of sp³-hybridized carbons (Fsp3) is 0.914. The summed E-state index contributed by atoms with van der Waals surface area (Å²) in [5.74, 6) is -1.37. The van der Waals surface area contributed by atoms with Gasteiger partial charge in [-0.1, -0.05) is 34.1 Å². The van der Waals surface area contributed by atoms with Crippen molar-refractivity contribution in [1.29, 1.82) is 0 Å². The van der Waals surface area contributed by atoms with Gasteiger partial charge in [0.2, 0.25) is 17.5 Å². The highest BCUT2D eigenvalue weighted by Gasteiger charge is 2.69. The van der Waals surface area contributed by atoms with E-state index in [1.54, 1.807) is 0 Å². The highest BCUT2D eigenvalue weighted by Crippen LogP contribution is 2.70. The average Bonchev–Trinajstić information content (AvgIpc) is 3.34. The van der Waals surface area contributed by atoms with E-state index < -0.39 is 11.6 Å². The minimum Gasteiger partial charge on any atom is -0.462 e. The topological polar surface area (TPSA) is 133 Å². The van der Waals surface area contributed by atoms with E-state index in [9.17, 15) is 14.4 Å². The first-order valence-electron chi connectivity index (χ1n) is 17.6. The Balaban J connectivity index is 1.29. The van der Waals surface area contributed by atoms with Crippen molar-refractivity contribution in [3.63, 3.8) is 0 Å². The Bertz CT molecular complexity index is 1150. The van der Waals surface area contributed by atoms with E-state index in [-0.39, 0.29) is 82.3 Å². The zero-order valence-corrected chi connectivity index (χ0v) is 28.1. The fourth-order valence-electron chi connectivity index (χ4n) is 11.3. The summed E-state index contributed by atoms with van der Waals surface area (Å²) in [4.78, 5) is 61.5. The molecule has 2 spiro atoms. The van der Waals surface area contributed by atoms with Crippen LogP contribution in [0.3, 0.4) is 0 Å². The number of primary amides is 1. The second-order valence-corrected chi connectivity index (χ2v) is 16.1. The summed E-state index contributed by atoms with van der Waals surface area (Å²) in [5, 5.41) is 0. The number of carbonyl (C=O) groups is 3. The Labute approximate surface area is 267 Å². The van der Waals surface area contributed by atoms with E-state index in [1.807, 2.05) is 0 Å². The second-order valence-electron chi connectivity index (χ2n) is 16.1. The van der Waals surface area contributed by atoms with Crippen LogP contribution in [0.15, 0.2) is 0 Å². The second kappa shape index (κ2) is 12.0. The van der Waals surface area contributed by atoms with Gasteiger partial charge in [0.1, 0.15) is 12.2 Å². The number of carbonyl (C=O) groups excluding carboxylic acids is 3. The molecule has 1 saturated heterocycles. The molecule has 1 heterocycles. The first-order chi connectivity index (χ1) is 21.2. The average molecular weight is 634 g/mol. The van der Waals surface area contributed by atoms with Gasteiger partial charge in [-0.25, -0.2) is 0 Å². The molecule has 6 aliphatic rings. The standard InChI is InChI=1S/C35H55NO9/c1-20(10-13-30(36)39)25-11-12-26-31-27(18-29(33(25,26)6)41-23(4)38)32(5)15-16-34(19-24(32)17-28(31)40-22(3)37)42-44-35(45-43-34)14-8-7-9-21(35)2/h20-21,24-29,31H,7-19H2,1-6H3,(H2,36,39)/t20?,21?,24-,25-,26?,27?,28-,29+,31?,32+,33-,34?,35?/m1/s1. The first-order valence-corrected chi connectivity index (χ1v) is 17.6. The molecular formula is C35H55NO9. The summed E-state index contributed by atoms with van der Waals surface area (Å²) in [6, 6.07) is 0. The van der Waals surface area contributed by atoms with Crippen molar-refractivity contribution < 1.29 is 43.4 Å². The van der Waals surface area contributed by atoms with Crippen LogP contribution in [0.5, 0.6) is 0 Å². The maximum absolute atomic E-state index is 12.6. The molecule has 6 fully saturated rings. The normalized spacial score (nSPS) is 48.1.